The lowest BCUT2D eigenvalue weighted by molar-refractivity contribution is -0.131. The lowest BCUT2D eigenvalue weighted by atomic mass is 10.1. The lowest BCUT2D eigenvalue weighted by Gasteiger charge is -2.06. The van der Waals surface area contributed by atoms with Crippen LogP contribution in [0.5, 0.6) is 5.75 Å². The van der Waals surface area contributed by atoms with Gasteiger partial charge in [0.1, 0.15) is 0 Å². The first kappa shape index (κ1) is 11.6. The number of aliphatic carboxylic acids is 1. The monoisotopic (exact) mass is 276 g/mol. The van der Waals surface area contributed by atoms with E-state index in [4.69, 9.17) is 5.11 Å². The van der Waals surface area contributed by atoms with Crippen LogP contribution in [-0.4, -0.2) is 22.0 Å². The first-order valence-corrected chi connectivity index (χ1v) is 4.60. The molecule has 0 aromatic heterocycles. The first-order valence-electron chi connectivity index (χ1n) is 3.81. The Hall–Kier alpha value is -1.43. The second kappa shape index (κ2) is 3.98. The Labute approximate surface area is 92.5 Å². The van der Waals surface area contributed by atoms with Crippen molar-refractivity contribution in [3.63, 3.8) is 0 Å². The van der Waals surface area contributed by atoms with Gasteiger partial charge in [-0.15, -0.1) is 0 Å². The third-order valence-corrected chi connectivity index (χ3v) is 2.80. The highest BCUT2D eigenvalue weighted by Crippen LogP contribution is 2.32. The maximum absolute atomic E-state index is 13.3. The summed E-state index contributed by atoms with van der Waals surface area (Å²) < 4.78 is 13.4. The zero-order valence-corrected chi connectivity index (χ0v) is 9.13. The van der Waals surface area contributed by atoms with Gasteiger partial charge in [0, 0.05) is 0 Å². The molecular formula is C9H6BrFO4. The molecule has 0 aliphatic heterocycles. The van der Waals surface area contributed by atoms with Gasteiger partial charge >= 0.3 is 5.97 Å². The highest BCUT2D eigenvalue weighted by atomic mass is 79.9. The number of aryl methyl sites for hydroxylation is 1. The SMILES string of the molecule is Cc1cc(C(=O)C(=O)O)c(F)c(O)c1Br. The number of Topliss-reactive ketones (excluding diaryl/α,β-unsaturated/α-hetero) is 1. The molecule has 0 fully saturated rings. The summed E-state index contributed by atoms with van der Waals surface area (Å²) in [7, 11) is 0. The summed E-state index contributed by atoms with van der Waals surface area (Å²) in [5, 5.41) is 17.6. The lowest BCUT2D eigenvalue weighted by Crippen LogP contribution is -2.15. The molecule has 0 saturated carbocycles. The van der Waals surface area contributed by atoms with Crippen LogP contribution in [0.2, 0.25) is 0 Å². The molecule has 0 heterocycles. The number of phenolic OH excluding ortho intramolecular Hbond substituents is 1. The summed E-state index contributed by atoms with van der Waals surface area (Å²) in [5.41, 5.74) is -0.279. The van der Waals surface area contributed by atoms with E-state index in [9.17, 15) is 19.1 Å². The number of carboxylic acid groups (broad SMARTS) is 1. The summed E-state index contributed by atoms with van der Waals surface area (Å²) in [6, 6.07) is 1.07. The summed E-state index contributed by atoms with van der Waals surface area (Å²) in [4.78, 5) is 21.4. The number of benzene rings is 1. The Morgan fingerprint density at radius 2 is 2.00 bits per heavy atom. The number of phenols is 1. The van der Waals surface area contributed by atoms with Crippen molar-refractivity contribution in [2.24, 2.45) is 0 Å². The molecule has 4 nitrogen and oxygen atoms in total. The number of carboxylic acids is 1. The molecule has 0 aliphatic carbocycles. The van der Waals surface area contributed by atoms with Gasteiger partial charge in [-0.3, -0.25) is 4.79 Å². The molecule has 0 aliphatic rings. The van der Waals surface area contributed by atoms with Crippen molar-refractivity contribution in [2.45, 2.75) is 6.92 Å². The molecule has 1 rings (SSSR count). The fourth-order valence-electron chi connectivity index (χ4n) is 1.03. The van der Waals surface area contributed by atoms with Crippen molar-refractivity contribution in [3.8, 4) is 5.75 Å². The Kier molecular flexibility index (Phi) is 3.09. The molecule has 15 heavy (non-hydrogen) atoms. The number of hydrogen-bond acceptors (Lipinski definition) is 3. The van der Waals surface area contributed by atoms with Crippen LogP contribution in [0, 0.1) is 12.7 Å². The predicted octanol–water partition coefficient (Wildman–Crippen LogP) is 1.87. The van der Waals surface area contributed by atoms with Crippen molar-refractivity contribution < 1.29 is 24.2 Å². The van der Waals surface area contributed by atoms with Gasteiger partial charge in [-0.25, -0.2) is 9.18 Å². The molecule has 0 atom stereocenters. The maximum Gasteiger partial charge on any atom is 0.377 e. The normalized spacial score (nSPS) is 10.1. The molecule has 80 valence electrons. The molecule has 1 aromatic rings. The van der Waals surface area contributed by atoms with Crippen molar-refractivity contribution >= 4 is 27.7 Å². The number of ketones is 1. The highest BCUT2D eigenvalue weighted by Gasteiger charge is 2.23. The second-order valence-corrected chi connectivity index (χ2v) is 3.64. The maximum atomic E-state index is 13.3. The van der Waals surface area contributed by atoms with Gasteiger partial charge in [0.15, 0.2) is 11.6 Å². The van der Waals surface area contributed by atoms with Crippen LogP contribution < -0.4 is 0 Å². The highest BCUT2D eigenvalue weighted by molar-refractivity contribution is 9.10. The van der Waals surface area contributed by atoms with Crippen LogP contribution in [0.15, 0.2) is 10.5 Å². The van der Waals surface area contributed by atoms with E-state index in [-0.39, 0.29) is 4.47 Å². The summed E-state index contributed by atoms with van der Waals surface area (Å²) in [6.45, 7) is 1.50. The minimum Gasteiger partial charge on any atom is -0.504 e. The van der Waals surface area contributed by atoms with Crippen LogP contribution in [0.1, 0.15) is 15.9 Å². The smallest absolute Gasteiger partial charge is 0.377 e. The van der Waals surface area contributed by atoms with Crippen LogP contribution in [0.25, 0.3) is 0 Å². The average Bonchev–Trinajstić information content (AvgIpc) is 2.19. The fraction of sp³-hybridized carbons (Fsp3) is 0.111. The standard InChI is InChI=1S/C9H6BrFO4/c1-3-2-4(7(12)9(14)15)6(11)8(13)5(3)10/h2,13H,1H3,(H,14,15). The van der Waals surface area contributed by atoms with E-state index in [1.807, 2.05) is 0 Å². The molecule has 2 N–H and O–H groups in total. The van der Waals surface area contributed by atoms with Gasteiger partial charge < -0.3 is 10.2 Å². The quantitative estimate of drug-likeness (QED) is 0.639. The number of hydrogen-bond donors (Lipinski definition) is 2. The second-order valence-electron chi connectivity index (χ2n) is 2.85. The Bertz CT molecular complexity index is 456. The number of carbonyl (C=O) groups excluding carboxylic acids is 1. The Morgan fingerprint density at radius 3 is 2.47 bits per heavy atom. The van der Waals surface area contributed by atoms with Gasteiger partial charge in [-0.05, 0) is 34.5 Å². The van der Waals surface area contributed by atoms with E-state index in [0.29, 0.717) is 5.56 Å². The van der Waals surface area contributed by atoms with Gasteiger partial charge in [-0.2, -0.15) is 0 Å². The summed E-state index contributed by atoms with van der Waals surface area (Å²) >= 11 is 2.90. The topological polar surface area (TPSA) is 74.6 Å². The van der Waals surface area contributed by atoms with Crippen LogP contribution >= 0.6 is 15.9 Å². The molecule has 1 aromatic carbocycles. The van der Waals surface area contributed by atoms with Crippen molar-refractivity contribution in [1.82, 2.24) is 0 Å². The van der Waals surface area contributed by atoms with Crippen molar-refractivity contribution in [2.75, 3.05) is 0 Å². The minimum absolute atomic E-state index is 0.0990. The van der Waals surface area contributed by atoms with E-state index in [0.717, 1.165) is 6.07 Å². The number of halogens is 2. The largest absolute Gasteiger partial charge is 0.504 e. The predicted molar refractivity (Wildman–Crippen MR) is 52.5 cm³/mol. The molecule has 0 bridgehead atoms. The summed E-state index contributed by atoms with van der Waals surface area (Å²) in [5.74, 6) is -5.16. The van der Waals surface area contributed by atoms with E-state index in [1.165, 1.54) is 6.92 Å². The van der Waals surface area contributed by atoms with E-state index in [2.05, 4.69) is 15.9 Å². The van der Waals surface area contributed by atoms with Gasteiger partial charge in [0.2, 0.25) is 0 Å². The fourth-order valence-corrected chi connectivity index (χ4v) is 1.32. The molecule has 6 heteroatoms. The van der Waals surface area contributed by atoms with Crippen LogP contribution in [0.3, 0.4) is 0 Å². The average molecular weight is 277 g/mol. The van der Waals surface area contributed by atoms with Crippen LogP contribution in [-0.2, 0) is 4.79 Å². The minimum atomic E-state index is -1.77. The molecule has 0 spiro atoms. The van der Waals surface area contributed by atoms with Gasteiger partial charge in [-0.1, -0.05) is 0 Å². The van der Waals surface area contributed by atoms with Gasteiger partial charge in [0.25, 0.3) is 5.78 Å². The van der Waals surface area contributed by atoms with E-state index < -0.39 is 28.9 Å². The Balaban J connectivity index is 3.45. The van der Waals surface area contributed by atoms with Gasteiger partial charge in [0.05, 0.1) is 10.0 Å². The first-order chi connectivity index (χ1) is 6.86. The zero-order valence-electron chi connectivity index (χ0n) is 7.54. The van der Waals surface area contributed by atoms with Crippen LogP contribution in [0.4, 0.5) is 4.39 Å². The van der Waals surface area contributed by atoms with E-state index in [1.54, 1.807) is 0 Å². The molecule has 0 unspecified atom stereocenters. The third-order valence-electron chi connectivity index (χ3n) is 1.80. The molecule has 0 amide bonds. The number of rotatable bonds is 2. The van der Waals surface area contributed by atoms with E-state index >= 15 is 0 Å². The summed E-state index contributed by atoms with van der Waals surface area (Å²) in [6.07, 6.45) is 0. The zero-order chi connectivity index (χ0) is 11.7. The third kappa shape index (κ3) is 1.99. The molecule has 0 saturated heterocycles. The molecular weight excluding hydrogens is 271 g/mol. The number of carbonyl (C=O) groups is 2. The number of aromatic hydroxyl groups is 1. The van der Waals surface area contributed by atoms with Crippen molar-refractivity contribution in [3.05, 3.63) is 27.5 Å². The molecule has 0 radical (unpaired) electrons. The Morgan fingerprint density at radius 1 is 1.47 bits per heavy atom. The van der Waals surface area contributed by atoms with Crippen molar-refractivity contribution in [1.29, 1.82) is 0 Å².